The second-order valence-electron chi connectivity index (χ2n) is 4.38. The van der Waals surface area contributed by atoms with Gasteiger partial charge in [0.05, 0.1) is 11.7 Å². The average molecular weight is 250 g/mol. The predicted octanol–water partition coefficient (Wildman–Crippen LogP) is 0.791. The molecule has 3 N–H and O–H groups in total. The number of ether oxygens (including phenoxy) is 1. The number of rotatable bonds is 4. The Bertz CT molecular complexity index is 430. The van der Waals surface area contributed by atoms with Crippen molar-refractivity contribution in [3.05, 3.63) is 23.9 Å². The molecule has 0 spiro atoms. The Balaban J connectivity index is 2.16. The van der Waals surface area contributed by atoms with Crippen LogP contribution >= 0.6 is 0 Å². The first-order valence-corrected chi connectivity index (χ1v) is 5.98. The number of nitrogens with zero attached hydrogens (tertiary/aromatic N) is 3. The molecule has 98 valence electrons. The average Bonchev–Trinajstić information content (AvgIpc) is 2.90. The molecule has 1 aromatic rings. The summed E-state index contributed by atoms with van der Waals surface area (Å²) in [6.07, 6.45) is 4.09. The Morgan fingerprint density at radius 1 is 1.72 bits per heavy atom. The maximum absolute atomic E-state index is 8.77. The summed E-state index contributed by atoms with van der Waals surface area (Å²) in [7, 11) is 1.93. The first-order chi connectivity index (χ1) is 8.72. The highest BCUT2D eigenvalue weighted by molar-refractivity contribution is 6.01. The second-order valence-corrected chi connectivity index (χ2v) is 4.38. The molecule has 0 amide bonds. The van der Waals surface area contributed by atoms with Crippen LogP contribution in [-0.2, 0) is 4.74 Å². The topological polar surface area (TPSA) is 84.0 Å². The fourth-order valence-electron chi connectivity index (χ4n) is 2.14. The molecule has 0 saturated carbocycles. The van der Waals surface area contributed by atoms with Gasteiger partial charge in [-0.3, -0.25) is 0 Å². The number of likely N-dealkylation sites (N-methyl/N-ethyl adjacent to an activating group) is 1. The summed E-state index contributed by atoms with van der Waals surface area (Å²) in [6, 6.07) is 3.54. The van der Waals surface area contributed by atoms with Gasteiger partial charge < -0.3 is 20.6 Å². The van der Waals surface area contributed by atoms with Crippen molar-refractivity contribution in [1.29, 1.82) is 0 Å². The molecular formula is C12H18N4O2. The predicted molar refractivity (Wildman–Crippen MR) is 69.0 cm³/mol. The Hall–Kier alpha value is -1.82. The van der Waals surface area contributed by atoms with Crippen LogP contribution in [0.2, 0.25) is 0 Å². The SMILES string of the molecule is CN(CC1CCCO1)c1ncccc1C(N)=NO. The minimum Gasteiger partial charge on any atom is -0.409 e. The van der Waals surface area contributed by atoms with Gasteiger partial charge in [0.1, 0.15) is 5.82 Å². The number of pyridine rings is 1. The van der Waals surface area contributed by atoms with E-state index < -0.39 is 0 Å². The highest BCUT2D eigenvalue weighted by Gasteiger charge is 2.20. The Morgan fingerprint density at radius 3 is 3.22 bits per heavy atom. The third kappa shape index (κ3) is 2.70. The van der Waals surface area contributed by atoms with Crippen molar-refractivity contribution in [3.8, 4) is 0 Å². The Labute approximate surface area is 106 Å². The van der Waals surface area contributed by atoms with Gasteiger partial charge in [0.25, 0.3) is 0 Å². The smallest absolute Gasteiger partial charge is 0.173 e. The normalized spacial score (nSPS) is 20.1. The summed E-state index contributed by atoms with van der Waals surface area (Å²) in [4.78, 5) is 6.26. The maximum atomic E-state index is 8.77. The molecule has 1 unspecified atom stereocenters. The van der Waals surface area contributed by atoms with E-state index in [1.54, 1.807) is 18.3 Å². The largest absolute Gasteiger partial charge is 0.409 e. The van der Waals surface area contributed by atoms with E-state index in [-0.39, 0.29) is 11.9 Å². The van der Waals surface area contributed by atoms with E-state index in [0.29, 0.717) is 11.4 Å². The third-order valence-corrected chi connectivity index (χ3v) is 3.03. The minimum atomic E-state index is 0.0669. The van der Waals surface area contributed by atoms with E-state index in [1.165, 1.54) is 0 Å². The van der Waals surface area contributed by atoms with Gasteiger partial charge in [-0.2, -0.15) is 0 Å². The molecule has 1 atom stereocenters. The lowest BCUT2D eigenvalue weighted by Gasteiger charge is -2.23. The third-order valence-electron chi connectivity index (χ3n) is 3.03. The lowest BCUT2D eigenvalue weighted by molar-refractivity contribution is 0.116. The Morgan fingerprint density at radius 2 is 2.56 bits per heavy atom. The van der Waals surface area contributed by atoms with Gasteiger partial charge in [-0.25, -0.2) is 4.98 Å². The molecule has 6 nitrogen and oxygen atoms in total. The zero-order chi connectivity index (χ0) is 13.0. The molecule has 2 rings (SSSR count). The summed E-state index contributed by atoms with van der Waals surface area (Å²) in [5.74, 6) is 0.764. The van der Waals surface area contributed by atoms with E-state index in [1.807, 2.05) is 11.9 Å². The number of hydrogen-bond donors (Lipinski definition) is 2. The first kappa shape index (κ1) is 12.6. The number of nitrogens with two attached hydrogens (primary N) is 1. The molecule has 2 heterocycles. The summed E-state index contributed by atoms with van der Waals surface area (Å²) in [6.45, 7) is 1.58. The van der Waals surface area contributed by atoms with Crippen LogP contribution < -0.4 is 10.6 Å². The van der Waals surface area contributed by atoms with Gasteiger partial charge in [0.15, 0.2) is 5.84 Å². The van der Waals surface area contributed by atoms with E-state index in [0.717, 1.165) is 26.0 Å². The van der Waals surface area contributed by atoms with Gasteiger partial charge in [-0.15, -0.1) is 0 Å². The van der Waals surface area contributed by atoms with Crippen LogP contribution in [0.5, 0.6) is 0 Å². The molecule has 1 aliphatic rings. The van der Waals surface area contributed by atoms with Gasteiger partial charge in [-0.05, 0) is 25.0 Å². The van der Waals surface area contributed by atoms with Crippen LogP contribution in [0.1, 0.15) is 18.4 Å². The molecule has 1 fully saturated rings. The maximum Gasteiger partial charge on any atom is 0.173 e. The minimum absolute atomic E-state index is 0.0669. The number of amidine groups is 1. The van der Waals surface area contributed by atoms with Crippen LogP contribution in [0.25, 0.3) is 0 Å². The van der Waals surface area contributed by atoms with E-state index >= 15 is 0 Å². The van der Waals surface area contributed by atoms with Crippen molar-refractivity contribution in [3.63, 3.8) is 0 Å². The van der Waals surface area contributed by atoms with Gasteiger partial charge >= 0.3 is 0 Å². The quantitative estimate of drug-likeness (QED) is 0.357. The highest BCUT2D eigenvalue weighted by atomic mass is 16.5. The molecule has 0 radical (unpaired) electrons. The van der Waals surface area contributed by atoms with E-state index in [2.05, 4.69) is 10.1 Å². The molecule has 0 aromatic carbocycles. The molecule has 0 aliphatic carbocycles. The van der Waals surface area contributed by atoms with Crippen molar-refractivity contribution >= 4 is 11.7 Å². The van der Waals surface area contributed by atoms with Crippen LogP contribution in [0, 0.1) is 0 Å². The van der Waals surface area contributed by atoms with E-state index in [4.69, 9.17) is 15.7 Å². The summed E-state index contributed by atoms with van der Waals surface area (Å²) in [5.41, 5.74) is 6.27. The molecular weight excluding hydrogens is 232 g/mol. The first-order valence-electron chi connectivity index (χ1n) is 5.98. The standard InChI is InChI=1S/C12H18N4O2/c1-16(8-9-4-3-7-18-9)12-10(11(13)15-17)5-2-6-14-12/h2,5-6,9,17H,3-4,7-8H2,1H3,(H2,13,15). The van der Waals surface area contributed by atoms with Gasteiger partial charge in [-0.1, -0.05) is 5.16 Å². The molecule has 1 saturated heterocycles. The molecule has 0 bridgehead atoms. The van der Waals surface area contributed by atoms with Crippen molar-refractivity contribution in [2.45, 2.75) is 18.9 Å². The van der Waals surface area contributed by atoms with Crippen LogP contribution in [-0.4, -0.2) is 42.3 Å². The summed E-state index contributed by atoms with van der Waals surface area (Å²) >= 11 is 0. The number of anilines is 1. The van der Waals surface area contributed by atoms with E-state index in [9.17, 15) is 0 Å². The molecule has 18 heavy (non-hydrogen) atoms. The van der Waals surface area contributed by atoms with Crippen molar-refractivity contribution in [2.75, 3.05) is 25.1 Å². The van der Waals surface area contributed by atoms with Gasteiger partial charge in [0.2, 0.25) is 0 Å². The fraction of sp³-hybridized carbons (Fsp3) is 0.500. The van der Waals surface area contributed by atoms with Crippen LogP contribution in [0.3, 0.4) is 0 Å². The molecule has 1 aromatic heterocycles. The lowest BCUT2D eigenvalue weighted by Crippen LogP contribution is -2.31. The Kier molecular flexibility index (Phi) is 3.99. The van der Waals surface area contributed by atoms with Gasteiger partial charge in [0, 0.05) is 26.4 Å². The second kappa shape index (κ2) is 5.68. The zero-order valence-corrected chi connectivity index (χ0v) is 10.4. The van der Waals surface area contributed by atoms with Crippen molar-refractivity contribution in [2.24, 2.45) is 10.9 Å². The van der Waals surface area contributed by atoms with Crippen molar-refractivity contribution in [1.82, 2.24) is 4.98 Å². The lowest BCUT2D eigenvalue weighted by atomic mass is 10.2. The highest BCUT2D eigenvalue weighted by Crippen LogP contribution is 2.19. The number of hydrogen-bond acceptors (Lipinski definition) is 5. The fourth-order valence-corrected chi connectivity index (χ4v) is 2.14. The monoisotopic (exact) mass is 250 g/mol. The number of aromatic nitrogens is 1. The number of oxime groups is 1. The molecule has 6 heteroatoms. The van der Waals surface area contributed by atoms with Crippen molar-refractivity contribution < 1.29 is 9.94 Å². The van der Waals surface area contributed by atoms with Crippen LogP contribution in [0.4, 0.5) is 5.82 Å². The summed E-state index contributed by atoms with van der Waals surface area (Å²) in [5, 5.41) is 11.8. The summed E-state index contributed by atoms with van der Waals surface area (Å²) < 4.78 is 5.59. The van der Waals surface area contributed by atoms with Crippen LogP contribution in [0.15, 0.2) is 23.5 Å². The zero-order valence-electron chi connectivity index (χ0n) is 10.4. The molecule has 1 aliphatic heterocycles.